The Hall–Kier alpha value is -0.650. The lowest BCUT2D eigenvalue weighted by Crippen LogP contribution is -2.53. The number of nitrogens with one attached hydrogen (secondary N) is 1. The topological polar surface area (TPSA) is 73.6 Å². The number of hydrogen-bond donors (Lipinski definition) is 2. The first-order valence-corrected chi connectivity index (χ1v) is 8.96. The third-order valence-corrected chi connectivity index (χ3v) is 5.51. The number of carbonyl (C=O) groups excluding carboxylic acids is 1. The Morgan fingerprint density at radius 1 is 1.18 bits per heavy atom. The molecule has 0 spiro atoms. The fourth-order valence-corrected chi connectivity index (χ4v) is 4.44. The monoisotopic (exact) mass is 310 g/mol. The van der Waals surface area contributed by atoms with Gasteiger partial charge in [0.05, 0.1) is 19.3 Å². The molecule has 1 heterocycles. The molecule has 3 unspecified atom stereocenters. The van der Waals surface area contributed by atoms with Crippen LogP contribution in [0.3, 0.4) is 0 Å². The van der Waals surface area contributed by atoms with Gasteiger partial charge in [0.2, 0.25) is 5.91 Å². The van der Waals surface area contributed by atoms with Gasteiger partial charge < -0.3 is 20.5 Å². The van der Waals surface area contributed by atoms with Gasteiger partial charge in [-0.15, -0.1) is 0 Å². The average Bonchev–Trinajstić information content (AvgIpc) is 2.98. The first-order chi connectivity index (χ1) is 10.7. The summed E-state index contributed by atoms with van der Waals surface area (Å²) in [4.78, 5) is 12.2. The summed E-state index contributed by atoms with van der Waals surface area (Å²) in [5.41, 5.74) is 6.13. The fraction of sp³-hybridized carbons (Fsp3) is 0.941. The molecule has 1 aliphatic heterocycles. The second kappa shape index (κ2) is 7.75. The molecule has 0 aromatic heterocycles. The number of rotatable bonds is 6. The Labute approximate surface area is 133 Å². The van der Waals surface area contributed by atoms with Crippen molar-refractivity contribution >= 4 is 5.91 Å². The van der Waals surface area contributed by atoms with Crippen molar-refractivity contribution in [2.75, 3.05) is 19.8 Å². The van der Waals surface area contributed by atoms with E-state index in [0.717, 1.165) is 32.3 Å². The van der Waals surface area contributed by atoms with E-state index in [1.807, 2.05) is 0 Å². The van der Waals surface area contributed by atoms with Gasteiger partial charge in [0.1, 0.15) is 0 Å². The molecular weight excluding hydrogens is 280 g/mol. The average molecular weight is 310 g/mol. The lowest BCUT2D eigenvalue weighted by atomic mass is 9.67. The summed E-state index contributed by atoms with van der Waals surface area (Å²) in [6.07, 6.45) is 8.75. The van der Waals surface area contributed by atoms with Crippen LogP contribution in [-0.4, -0.2) is 43.9 Å². The van der Waals surface area contributed by atoms with Crippen LogP contribution in [0.2, 0.25) is 0 Å². The van der Waals surface area contributed by atoms with Gasteiger partial charge in [-0.25, -0.2) is 0 Å². The van der Waals surface area contributed by atoms with Gasteiger partial charge in [-0.1, -0.05) is 6.42 Å². The Balaban J connectivity index is 1.36. The van der Waals surface area contributed by atoms with Crippen LogP contribution in [0.1, 0.15) is 51.4 Å². The summed E-state index contributed by atoms with van der Waals surface area (Å²) >= 11 is 0. The van der Waals surface area contributed by atoms with Crippen LogP contribution < -0.4 is 11.1 Å². The molecule has 126 valence electrons. The quantitative estimate of drug-likeness (QED) is 0.731. The molecule has 0 aromatic rings. The summed E-state index contributed by atoms with van der Waals surface area (Å²) in [7, 11) is 0. The number of amides is 1. The van der Waals surface area contributed by atoms with Gasteiger partial charge in [0.15, 0.2) is 0 Å². The molecule has 3 N–H and O–H groups in total. The van der Waals surface area contributed by atoms with Crippen LogP contribution in [0.15, 0.2) is 0 Å². The second-order valence-electron chi connectivity index (χ2n) is 7.24. The van der Waals surface area contributed by atoms with Crippen LogP contribution in [0.5, 0.6) is 0 Å². The third kappa shape index (κ3) is 4.21. The number of fused-ring (bicyclic) bond motifs is 2. The minimum Gasteiger partial charge on any atom is -0.378 e. The Bertz CT molecular complexity index is 357. The van der Waals surface area contributed by atoms with Crippen LogP contribution in [0, 0.1) is 11.8 Å². The van der Waals surface area contributed by atoms with Crippen LogP contribution in [0.25, 0.3) is 0 Å². The maximum Gasteiger partial charge on any atom is 0.222 e. The van der Waals surface area contributed by atoms with Crippen LogP contribution in [-0.2, 0) is 14.3 Å². The van der Waals surface area contributed by atoms with Gasteiger partial charge in [-0.2, -0.15) is 0 Å². The molecule has 3 fully saturated rings. The van der Waals surface area contributed by atoms with Crippen molar-refractivity contribution in [1.82, 2.24) is 5.32 Å². The Morgan fingerprint density at radius 3 is 2.64 bits per heavy atom. The number of ether oxygens (including phenoxy) is 2. The van der Waals surface area contributed by atoms with Gasteiger partial charge in [0.25, 0.3) is 0 Å². The zero-order chi connectivity index (χ0) is 15.4. The maximum absolute atomic E-state index is 12.2. The molecule has 2 bridgehead atoms. The molecule has 22 heavy (non-hydrogen) atoms. The van der Waals surface area contributed by atoms with Crippen molar-refractivity contribution in [3.63, 3.8) is 0 Å². The SMILES string of the molecule is NC1CC2CCCC(C1)C2NC(=O)CCOCC1CCCO1. The molecule has 0 aromatic carbocycles. The van der Waals surface area contributed by atoms with Crippen molar-refractivity contribution in [1.29, 1.82) is 0 Å². The minimum absolute atomic E-state index is 0.129. The number of carbonyl (C=O) groups is 1. The second-order valence-corrected chi connectivity index (χ2v) is 7.24. The predicted octanol–water partition coefficient (Wildman–Crippen LogP) is 1.59. The van der Waals surface area contributed by atoms with E-state index in [0.29, 0.717) is 43.6 Å². The highest BCUT2D eigenvalue weighted by Gasteiger charge is 2.39. The molecule has 3 atom stereocenters. The van der Waals surface area contributed by atoms with E-state index < -0.39 is 0 Å². The summed E-state index contributed by atoms with van der Waals surface area (Å²) < 4.78 is 11.1. The highest BCUT2D eigenvalue weighted by molar-refractivity contribution is 5.76. The normalized spacial score (nSPS) is 38.0. The van der Waals surface area contributed by atoms with Crippen molar-refractivity contribution in [2.45, 2.75) is 69.6 Å². The third-order valence-electron chi connectivity index (χ3n) is 5.51. The molecule has 1 saturated heterocycles. The minimum atomic E-state index is 0.129. The molecule has 2 saturated carbocycles. The zero-order valence-electron chi connectivity index (χ0n) is 13.5. The number of nitrogens with two attached hydrogens (primary N) is 1. The van der Waals surface area contributed by atoms with Crippen molar-refractivity contribution < 1.29 is 14.3 Å². The zero-order valence-corrected chi connectivity index (χ0v) is 13.5. The molecular formula is C17H30N2O3. The van der Waals surface area contributed by atoms with E-state index in [1.165, 1.54) is 19.3 Å². The molecule has 0 radical (unpaired) electrons. The van der Waals surface area contributed by atoms with Gasteiger partial charge in [-0.05, 0) is 50.4 Å². The van der Waals surface area contributed by atoms with Crippen LogP contribution >= 0.6 is 0 Å². The van der Waals surface area contributed by atoms with Gasteiger partial charge in [0, 0.05) is 25.1 Å². The van der Waals surface area contributed by atoms with Crippen molar-refractivity contribution in [3.05, 3.63) is 0 Å². The molecule has 5 nitrogen and oxygen atoms in total. The van der Waals surface area contributed by atoms with E-state index in [4.69, 9.17) is 15.2 Å². The number of hydrogen-bond acceptors (Lipinski definition) is 4. The van der Waals surface area contributed by atoms with Gasteiger partial charge in [-0.3, -0.25) is 4.79 Å². The first-order valence-electron chi connectivity index (χ1n) is 8.96. The summed E-state index contributed by atoms with van der Waals surface area (Å²) in [5, 5.41) is 3.26. The van der Waals surface area contributed by atoms with Crippen molar-refractivity contribution in [2.24, 2.45) is 17.6 Å². The smallest absolute Gasteiger partial charge is 0.222 e. The molecule has 3 rings (SSSR count). The largest absolute Gasteiger partial charge is 0.378 e. The summed E-state index contributed by atoms with van der Waals surface area (Å²) in [6.45, 7) is 1.96. The lowest BCUT2D eigenvalue weighted by molar-refractivity contribution is -0.124. The van der Waals surface area contributed by atoms with Crippen LogP contribution in [0.4, 0.5) is 0 Å². The van der Waals surface area contributed by atoms with Crippen molar-refractivity contribution in [3.8, 4) is 0 Å². The highest BCUT2D eigenvalue weighted by Crippen LogP contribution is 2.39. The maximum atomic E-state index is 12.2. The van der Waals surface area contributed by atoms with E-state index in [1.54, 1.807) is 0 Å². The first kappa shape index (κ1) is 16.2. The standard InChI is InChI=1S/C17H30N2O3/c18-14-9-12-3-1-4-13(10-14)17(12)19-16(20)6-8-21-11-15-5-2-7-22-15/h12-15,17H,1-11,18H2,(H,19,20). The fourth-order valence-electron chi connectivity index (χ4n) is 4.44. The van der Waals surface area contributed by atoms with E-state index >= 15 is 0 Å². The highest BCUT2D eigenvalue weighted by atomic mass is 16.5. The van der Waals surface area contributed by atoms with E-state index in [-0.39, 0.29) is 12.0 Å². The summed E-state index contributed by atoms with van der Waals surface area (Å²) in [5.74, 6) is 1.29. The lowest BCUT2D eigenvalue weighted by Gasteiger charge is -2.45. The predicted molar refractivity (Wildman–Crippen MR) is 84.4 cm³/mol. The Kier molecular flexibility index (Phi) is 5.71. The van der Waals surface area contributed by atoms with E-state index in [9.17, 15) is 4.79 Å². The molecule has 5 heteroatoms. The Morgan fingerprint density at radius 2 is 1.95 bits per heavy atom. The molecule has 2 aliphatic carbocycles. The summed E-state index contributed by atoms with van der Waals surface area (Å²) in [6, 6.07) is 0.678. The molecule has 1 amide bonds. The van der Waals surface area contributed by atoms with E-state index in [2.05, 4.69) is 5.32 Å². The molecule has 3 aliphatic rings. The van der Waals surface area contributed by atoms with Gasteiger partial charge >= 0.3 is 0 Å².